The zero-order valence-corrected chi connectivity index (χ0v) is 8.84. The Balaban J connectivity index is 2.34. The summed E-state index contributed by atoms with van der Waals surface area (Å²) in [6, 6.07) is 8.53. The van der Waals surface area contributed by atoms with Crippen molar-refractivity contribution in [3.8, 4) is 0 Å². The molecule has 0 N–H and O–H groups in total. The fourth-order valence-electron chi connectivity index (χ4n) is 2.29. The molecule has 14 heavy (non-hydrogen) atoms. The zero-order chi connectivity index (χ0) is 10.2. The van der Waals surface area contributed by atoms with Gasteiger partial charge in [0.25, 0.3) is 0 Å². The molecule has 74 valence electrons. The summed E-state index contributed by atoms with van der Waals surface area (Å²) in [5, 5.41) is 0. The number of aryl methyl sites for hydroxylation is 1. The average molecular weight is 188 g/mol. The van der Waals surface area contributed by atoms with Gasteiger partial charge in [-0.25, -0.2) is 0 Å². The van der Waals surface area contributed by atoms with Crippen molar-refractivity contribution in [2.45, 2.75) is 38.5 Å². The van der Waals surface area contributed by atoms with Gasteiger partial charge < -0.3 is 0 Å². The van der Waals surface area contributed by atoms with Crippen molar-refractivity contribution in [1.82, 2.24) is 0 Å². The van der Waals surface area contributed by atoms with Crippen LogP contribution < -0.4 is 0 Å². The lowest BCUT2D eigenvalue weighted by atomic mass is 9.80. The van der Waals surface area contributed by atoms with Crippen LogP contribution in [0.2, 0.25) is 0 Å². The van der Waals surface area contributed by atoms with Gasteiger partial charge in [-0.3, -0.25) is 4.79 Å². The Kier molecular flexibility index (Phi) is 2.18. The molecule has 1 atom stereocenters. The predicted molar refractivity (Wildman–Crippen MR) is 57.4 cm³/mol. The molecule has 1 nitrogen and oxygen atoms in total. The molecule has 1 aromatic carbocycles. The Morgan fingerprint density at radius 3 is 2.71 bits per heavy atom. The summed E-state index contributed by atoms with van der Waals surface area (Å²) in [7, 11) is 0. The van der Waals surface area contributed by atoms with Crippen LogP contribution in [0.1, 0.15) is 37.3 Å². The van der Waals surface area contributed by atoms with Crippen LogP contribution in [0.5, 0.6) is 0 Å². The van der Waals surface area contributed by atoms with Gasteiger partial charge in [0.05, 0.1) is 0 Å². The Labute approximate surface area is 85.1 Å². The minimum Gasteiger partial charge on any atom is -0.300 e. The van der Waals surface area contributed by atoms with Crippen molar-refractivity contribution in [2.24, 2.45) is 0 Å². The van der Waals surface area contributed by atoms with Gasteiger partial charge in [0, 0.05) is 12.8 Å². The fraction of sp³-hybridized carbons (Fsp3) is 0.462. The summed E-state index contributed by atoms with van der Waals surface area (Å²) in [4.78, 5) is 11.3. The topological polar surface area (TPSA) is 17.1 Å². The second kappa shape index (κ2) is 3.23. The van der Waals surface area contributed by atoms with E-state index in [2.05, 4.69) is 38.1 Å². The standard InChI is InChI=1S/C13H16O/c1-10-4-3-5-11(8-10)13(2)7-6-12(14)9-13/h3-5,8H,6-7,9H2,1-2H3. The second-order valence-electron chi connectivity index (χ2n) is 4.65. The van der Waals surface area contributed by atoms with Crippen LogP contribution in [0.25, 0.3) is 0 Å². The SMILES string of the molecule is Cc1cccc(C2(C)CCC(=O)C2)c1. The third kappa shape index (κ3) is 1.59. The third-order valence-electron chi connectivity index (χ3n) is 3.26. The first-order valence-electron chi connectivity index (χ1n) is 5.19. The molecule has 0 aliphatic heterocycles. The van der Waals surface area contributed by atoms with Crippen LogP contribution in [0.3, 0.4) is 0 Å². The van der Waals surface area contributed by atoms with Gasteiger partial charge >= 0.3 is 0 Å². The Hall–Kier alpha value is -1.11. The molecule has 0 heterocycles. The Bertz CT molecular complexity index is 367. The van der Waals surface area contributed by atoms with Crippen LogP contribution >= 0.6 is 0 Å². The summed E-state index contributed by atoms with van der Waals surface area (Å²) in [6.45, 7) is 4.30. The molecule has 2 rings (SSSR count). The van der Waals surface area contributed by atoms with Crippen LogP contribution in [-0.4, -0.2) is 5.78 Å². The molecule has 0 spiro atoms. The lowest BCUT2D eigenvalue weighted by Gasteiger charge is -2.23. The molecule has 0 saturated heterocycles. The molecule has 1 unspecified atom stereocenters. The van der Waals surface area contributed by atoms with E-state index in [0.29, 0.717) is 5.78 Å². The molecular weight excluding hydrogens is 172 g/mol. The van der Waals surface area contributed by atoms with Gasteiger partial charge in [-0.05, 0) is 24.3 Å². The van der Waals surface area contributed by atoms with Crippen molar-refractivity contribution in [3.63, 3.8) is 0 Å². The first-order valence-corrected chi connectivity index (χ1v) is 5.19. The van der Waals surface area contributed by atoms with Crippen molar-refractivity contribution in [3.05, 3.63) is 35.4 Å². The summed E-state index contributed by atoms with van der Waals surface area (Å²) in [5.74, 6) is 0.411. The zero-order valence-electron chi connectivity index (χ0n) is 8.84. The predicted octanol–water partition coefficient (Wildman–Crippen LogP) is 3.01. The van der Waals surface area contributed by atoms with Crippen LogP contribution in [-0.2, 0) is 10.2 Å². The monoisotopic (exact) mass is 188 g/mol. The largest absolute Gasteiger partial charge is 0.300 e. The van der Waals surface area contributed by atoms with Gasteiger partial charge in [-0.1, -0.05) is 36.8 Å². The summed E-state index contributed by atoms with van der Waals surface area (Å²) in [5.41, 5.74) is 2.70. The summed E-state index contributed by atoms with van der Waals surface area (Å²) >= 11 is 0. The highest BCUT2D eigenvalue weighted by Gasteiger charge is 2.35. The molecule has 1 aromatic rings. The van der Waals surface area contributed by atoms with E-state index in [-0.39, 0.29) is 5.41 Å². The van der Waals surface area contributed by atoms with Crippen molar-refractivity contribution >= 4 is 5.78 Å². The number of hydrogen-bond donors (Lipinski definition) is 0. The van der Waals surface area contributed by atoms with Crippen LogP contribution in [0, 0.1) is 6.92 Å². The molecular formula is C13H16O. The van der Waals surface area contributed by atoms with Gasteiger partial charge in [-0.2, -0.15) is 0 Å². The van der Waals surface area contributed by atoms with Gasteiger partial charge in [0.15, 0.2) is 0 Å². The Morgan fingerprint density at radius 1 is 1.36 bits per heavy atom. The number of carbonyl (C=O) groups is 1. The lowest BCUT2D eigenvalue weighted by molar-refractivity contribution is -0.117. The molecule has 1 aliphatic rings. The average Bonchev–Trinajstić information content (AvgIpc) is 2.48. The molecule has 0 aromatic heterocycles. The molecule has 1 fully saturated rings. The molecule has 0 amide bonds. The second-order valence-corrected chi connectivity index (χ2v) is 4.65. The van der Waals surface area contributed by atoms with E-state index in [4.69, 9.17) is 0 Å². The van der Waals surface area contributed by atoms with E-state index in [1.807, 2.05) is 0 Å². The maximum atomic E-state index is 11.3. The molecule has 1 aliphatic carbocycles. The van der Waals surface area contributed by atoms with Crippen molar-refractivity contribution < 1.29 is 4.79 Å². The number of Topliss-reactive ketones (excluding diaryl/α,β-unsaturated/α-hetero) is 1. The number of rotatable bonds is 1. The molecule has 0 bridgehead atoms. The smallest absolute Gasteiger partial charge is 0.133 e. The first-order chi connectivity index (χ1) is 6.60. The van der Waals surface area contributed by atoms with E-state index >= 15 is 0 Å². The minimum atomic E-state index is 0.100. The third-order valence-corrected chi connectivity index (χ3v) is 3.26. The van der Waals surface area contributed by atoms with Crippen molar-refractivity contribution in [2.75, 3.05) is 0 Å². The van der Waals surface area contributed by atoms with Crippen LogP contribution in [0.4, 0.5) is 0 Å². The highest BCUT2D eigenvalue weighted by Crippen LogP contribution is 2.38. The highest BCUT2D eigenvalue weighted by molar-refractivity contribution is 5.82. The summed E-state index contributed by atoms with van der Waals surface area (Å²) in [6.07, 6.45) is 2.48. The van der Waals surface area contributed by atoms with E-state index < -0.39 is 0 Å². The Morgan fingerprint density at radius 2 is 2.14 bits per heavy atom. The lowest BCUT2D eigenvalue weighted by Crippen LogP contribution is -2.17. The summed E-state index contributed by atoms with van der Waals surface area (Å²) < 4.78 is 0. The molecule has 1 heteroatoms. The quantitative estimate of drug-likeness (QED) is 0.662. The van der Waals surface area contributed by atoms with E-state index in [0.717, 1.165) is 19.3 Å². The van der Waals surface area contributed by atoms with Crippen molar-refractivity contribution in [1.29, 1.82) is 0 Å². The van der Waals surface area contributed by atoms with Gasteiger partial charge in [0.1, 0.15) is 5.78 Å². The first kappa shape index (κ1) is 9.45. The van der Waals surface area contributed by atoms with E-state index in [1.165, 1.54) is 11.1 Å². The molecule has 1 saturated carbocycles. The molecule has 0 radical (unpaired) electrons. The van der Waals surface area contributed by atoms with Crippen LogP contribution in [0.15, 0.2) is 24.3 Å². The minimum absolute atomic E-state index is 0.100. The van der Waals surface area contributed by atoms with E-state index in [9.17, 15) is 4.79 Å². The van der Waals surface area contributed by atoms with Gasteiger partial charge in [0.2, 0.25) is 0 Å². The number of benzene rings is 1. The number of hydrogen-bond acceptors (Lipinski definition) is 1. The number of ketones is 1. The fourth-order valence-corrected chi connectivity index (χ4v) is 2.29. The normalized spacial score (nSPS) is 26.9. The maximum Gasteiger partial charge on any atom is 0.133 e. The maximum absolute atomic E-state index is 11.3. The van der Waals surface area contributed by atoms with Gasteiger partial charge in [-0.15, -0.1) is 0 Å². The highest BCUT2D eigenvalue weighted by atomic mass is 16.1. The number of carbonyl (C=O) groups excluding carboxylic acids is 1. The van der Waals surface area contributed by atoms with E-state index in [1.54, 1.807) is 0 Å².